The fourth-order valence-corrected chi connectivity index (χ4v) is 2.80. The lowest BCUT2D eigenvalue weighted by Crippen LogP contribution is -2.49. The maximum atomic E-state index is 12.3. The molecule has 6 heteroatoms. The standard InChI is InChI=1S/C19H23N3O3/c1-15-8-9-18(25-15)16(2)20-24-14-19(23)22-12-10-21(11-13-22)17-6-4-3-5-7-17/h3-9H,10-14H2,1-2H3/b20-16+. The fraction of sp³-hybridized carbons (Fsp3) is 0.368. The molecule has 1 amide bonds. The second kappa shape index (κ2) is 7.88. The van der Waals surface area contributed by atoms with Gasteiger partial charge in [-0.1, -0.05) is 23.4 Å². The summed E-state index contributed by atoms with van der Waals surface area (Å²) in [5.41, 5.74) is 1.81. The number of furan rings is 1. The van der Waals surface area contributed by atoms with Crippen LogP contribution in [-0.4, -0.2) is 49.3 Å². The van der Waals surface area contributed by atoms with Crippen molar-refractivity contribution in [2.24, 2.45) is 5.16 Å². The molecule has 0 spiro atoms. The third kappa shape index (κ3) is 4.41. The molecule has 1 fully saturated rings. The third-order valence-corrected chi connectivity index (χ3v) is 4.24. The number of anilines is 1. The highest BCUT2D eigenvalue weighted by Gasteiger charge is 2.21. The van der Waals surface area contributed by atoms with Crippen LogP contribution in [0.3, 0.4) is 0 Å². The maximum Gasteiger partial charge on any atom is 0.263 e. The average Bonchev–Trinajstić information content (AvgIpc) is 3.09. The molecule has 1 saturated heterocycles. The number of benzene rings is 1. The molecule has 0 N–H and O–H groups in total. The summed E-state index contributed by atoms with van der Waals surface area (Å²) in [5.74, 6) is 1.43. The second-order valence-electron chi connectivity index (χ2n) is 6.06. The summed E-state index contributed by atoms with van der Waals surface area (Å²) < 4.78 is 5.46. The highest BCUT2D eigenvalue weighted by molar-refractivity contribution is 5.95. The molecule has 0 atom stereocenters. The molecule has 6 nitrogen and oxygen atoms in total. The van der Waals surface area contributed by atoms with Gasteiger partial charge in [-0.2, -0.15) is 0 Å². The van der Waals surface area contributed by atoms with E-state index in [-0.39, 0.29) is 12.5 Å². The van der Waals surface area contributed by atoms with E-state index in [1.54, 1.807) is 6.92 Å². The molecule has 1 aromatic heterocycles. The lowest BCUT2D eigenvalue weighted by Gasteiger charge is -2.35. The van der Waals surface area contributed by atoms with Crippen molar-refractivity contribution in [2.75, 3.05) is 37.7 Å². The molecule has 132 valence electrons. The molecular weight excluding hydrogens is 318 g/mol. The molecule has 0 unspecified atom stereocenters. The molecule has 25 heavy (non-hydrogen) atoms. The van der Waals surface area contributed by atoms with Crippen molar-refractivity contribution in [1.82, 2.24) is 4.90 Å². The number of oxime groups is 1. The number of piperazine rings is 1. The highest BCUT2D eigenvalue weighted by atomic mass is 16.6. The van der Waals surface area contributed by atoms with Crippen molar-refractivity contribution in [2.45, 2.75) is 13.8 Å². The molecule has 0 saturated carbocycles. The maximum absolute atomic E-state index is 12.3. The summed E-state index contributed by atoms with van der Waals surface area (Å²) in [6.45, 7) is 6.64. The quantitative estimate of drug-likeness (QED) is 0.620. The second-order valence-corrected chi connectivity index (χ2v) is 6.06. The number of rotatable bonds is 5. The van der Waals surface area contributed by atoms with Gasteiger partial charge in [0.15, 0.2) is 12.4 Å². The van der Waals surface area contributed by atoms with E-state index in [9.17, 15) is 4.79 Å². The molecule has 0 radical (unpaired) electrons. The lowest BCUT2D eigenvalue weighted by molar-refractivity contribution is -0.136. The molecule has 1 aliphatic heterocycles. The number of hydrogen-bond acceptors (Lipinski definition) is 5. The van der Waals surface area contributed by atoms with Gasteiger partial charge < -0.3 is 19.1 Å². The smallest absolute Gasteiger partial charge is 0.263 e. The fourth-order valence-electron chi connectivity index (χ4n) is 2.80. The van der Waals surface area contributed by atoms with E-state index in [0.29, 0.717) is 24.6 Å². The number of nitrogens with zero attached hydrogens (tertiary/aromatic N) is 3. The van der Waals surface area contributed by atoms with Gasteiger partial charge in [-0.3, -0.25) is 4.79 Å². The Morgan fingerprint density at radius 1 is 1.12 bits per heavy atom. The van der Waals surface area contributed by atoms with Gasteiger partial charge in [-0.25, -0.2) is 0 Å². The lowest BCUT2D eigenvalue weighted by atomic mass is 10.2. The van der Waals surface area contributed by atoms with Crippen LogP contribution in [0.2, 0.25) is 0 Å². The van der Waals surface area contributed by atoms with Crippen LogP contribution in [0.4, 0.5) is 5.69 Å². The summed E-state index contributed by atoms with van der Waals surface area (Å²) >= 11 is 0. The molecular formula is C19H23N3O3. The topological polar surface area (TPSA) is 58.3 Å². The number of carbonyl (C=O) groups excluding carboxylic acids is 1. The summed E-state index contributed by atoms with van der Waals surface area (Å²) in [4.78, 5) is 21.6. The number of hydrogen-bond donors (Lipinski definition) is 0. The highest BCUT2D eigenvalue weighted by Crippen LogP contribution is 2.15. The number of carbonyl (C=O) groups is 1. The summed E-state index contributed by atoms with van der Waals surface area (Å²) in [6, 6.07) is 14.0. The van der Waals surface area contributed by atoms with E-state index in [0.717, 1.165) is 18.8 Å². The Balaban J connectivity index is 1.45. The van der Waals surface area contributed by atoms with E-state index in [4.69, 9.17) is 9.25 Å². The Hall–Kier alpha value is -2.76. The van der Waals surface area contributed by atoms with Gasteiger partial charge in [0, 0.05) is 31.9 Å². The van der Waals surface area contributed by atoms with Crippen molar-refractivity contribution in [1.29, 1.82) is 0 Å². The Bertz CT molecular complexity index is 731. The molecule has 1 aromatic carbocycles. The van der Waals surface area contributed by atoms with Crippen LogP contribution in [0.25, 0.3) is 0 Å². The first-order valence-electron chi connectivity index (χ1n) is 8.44. The van der Waals surface area contributed by atoms with Crippen molar-refractivity contribution >= 4 is 17.3 Å². The zero-order valence-corrected chi connectivity index (χ0v) is 14.6. The monoisotopic (exact) mass is 341 g/mol. The molecule has 0 bridgehead atoms. The van der Waals surface area contributed by atoms with Crippen molar-refractivity contribution in [3.05, 3.63) is 54.0 Å². The Labute approximate surface area is 147 Å². The Morgan fingerprint density at radius 2 is 1.84 bits per heavy atom. The molecule has 2 heterocycles. The largest absolute Gasteiger partial charge is 0.460 e. The van der Waals surface area contributed by atoms with E-state index in [1.165, 1.54) is 5.69 Å². The van der Waals surface area contributed by atoms with Crippen molar-refractivity contribution in [3.8, 4) is 0 Å². The van der Waals surface area contributed by atoms with Gasteiger partial charge in [0.2, 0.25) is 0 Å². The minimum atomic E-state index is -0.0532. The SMILES string of the molecule is C/C(=N\OCC(=O)N1CCN(c2ccccc2)CC1)c1ccc(C)o1. The number of para-hydroxylation sites is 1. The first-order valence-corrected chi connectivity index (χ1v) is 8.44. The predicted molar refractivity (Wildman–Crippen MR) is 96.8 cm³/mol. The minimum Gasteiger partial charge on any atom is -0.460 e. The minimum absolute atomic E-state index is 0.0418. The first kappa shape index (κ1) is 17.1. The number of aryl methyl sites for hydroxylation is 1. The van der Waals surface area contributed by atoms with E-state index in [2.05, 4.69) is 22.2 Å². The van der Waals surface area contributed by atoms with Crippen LogP contribution in [0.5, 0.6) is 0 Å². The van der Waals surface area contributed by atoms with E-state index < -0.39 is 0 Å². The molecule has 0 aliphatic carbocycles. The van der Waals surface area contributed by atoms with Crippen LogP contribution in [0.1, 0.15) is 18.4 Å². The summed E-state index contributed by atoms with van der Waals surface area (Å²) in [7, 11) is 0. The van der Waals surface area contributed by atoms with Crippen LogP contribution >= 0.6 is 0 Å². The molecule has 2 aromatic rings. The zero-order chi connectivity index (χ0) is 17.6. The van der Waals surface area contributed by atoms with E-state index >= 15 is 0 Å². The number of amides is 1. The van der Waals surface area contributed by atoms with Gasteiger partial charge in [-0.15, -0.1) is 0 Å². The first-order chi connectivity index (χ1) is 12.1. The van der Waals surface area contributed by atoms with Gasteiger partial charge in [0.1, 0.15) is 11.5 Å². The van der Waals surface area contributed by atoms with Crippen LogP contribution in [0, 0.1) is 6.92 Å². The van der Waals surface area contributed by atoms with Gasteiger partial charge in [-0.05, 0) is 38.1 Å². The normalized spacial score (nSPS) is 15.4. The average molecular weight is 341 g/mol. The van der Waals surface area contributed by atoms with Crippen LogP contribution in [0.15, 0.2) is 52.0 Å². The predicted octanol–water partition coefficient (Wildman–Crippen LogP) is 2.68. The third-order valence-electron chi connectivity index (χ3n) is 4.24. The van der Waals surface area contributed by atoms with Crippen molar-refractivity contribution < 1.29 is 14.0 Å². The van der Waals surface area contributed by atoms with Gasteiger partial charge >= 0.3 is 0 Å². The summed E-state index contributed by atoms with van der Waals surface area (Å²) in [6.07, 6.45) is 0. The van der Waals surface area contributed by atoms with Crippen LogP contribution < -0.4 is 4.90 Å². The molecule has 1 aliphatic rings. The zero-order valence-electron chi connectivity index (χ0n) is 14.6. The van der Waals surface area contributed by atoms with Gasteiger partial charge in [0.05, 0.1) is 0 Å². The molecule has 3 rings (SSSR count). The van der Waals surface area contributed by atoms with E-state index in [1.807, 2.05) is 42.2 Å². The summed E-state index contributed by atoms with van der Waals surface area (Å²) in [5, 5.41) is 3.97. The van der Waals surface area contributed by atoms with Gasteiger partial charge in [0.25, 0.3) is 5.91 Å². The Kier molecular flexibility index (Phi) is 5.38. The Morgan fingerprint density at radius 3 is 2.48 bits per heavy atom. The van der Waals surface area contributed by atoms with Crippen molar-refractivity contribution in [3.63, 3.8) is 0 Å². The van der Waals surface area contributed by atoms with Crippen LogP contribution in [-0.2, 0) is 9.63 Å².